The zero-order valence-corrected chi connectivity index (χ0v) is 9.88. The Balaban J connectivity index is 1.99. The maximum absolute atomic E-state index is 13.2. The number of hydrogen-bond acceptors (Lipinski definition) is 4. The summed E-state index contributed by atoms with van der Waals surface area (Å²) < 4.78 is 31.9. The molecular formula is C11H17F2N3O. The van der Waals surface area contributed by atoms with E-state index in [4.69, 9.17) is 4.42 Å². The second-order valence-electron chi connectivity index (χ2n) is 4.54. The van der Waals surface area contributed by atoms with Gasteiger partial charge in [-0.25, -0.2) is 8.78 Å². The lowest BCUT2D eigenvalue weighted by Gasteiger charge is -2.26. The predicted octanol–water partition coefficient (Wildman–Crippen LogP) is 2.12. The first kappa shape index (κ1) is 12.4. The van der Waals surface area contributed by atoms with Crippen LogP contribution >= 0.6 is 0 Å². The highest BCUT2D eigenvalue weighted by Gasteiger charge is 2.38. The molecule has 17 heavy (non-hydrogen) atoms. The molecule has 1 saturated carbocycles. The predicted molar refractivity (Wildman–Crippen MR) is 58.1 cm³/mol. The largest absolute Gasteiger partial charge is 0.425 e. The smallest absolute Gasteiger partial charge is 0.248 e. The summed E-state index contributed by atoms with van der Waals surface area (Å²) in [5.74, 6) is -1.98. The van der Waals surface area contributed by atoms with Crippen molar-refractivity contribution in [3.8, 4) is 0 Å². The Bertz CT molecular complexity index is 367. The van der Waals surface area contributed by atoms with E-state index in [1.807, 2.05) is 7.05 Å². The van der Waals surface area contributed by atoms with E-state index in [1.54, 1.807) is 0 Å². The Morgan fingerprint density at radius 2 is 2.29 bits per heavy atom. The van der Waals surface area contributed by atoms with Crippen LogP contribution in [0.1, 0.15) is 43.4 Å². The van der Waals surface area contributed by atoms with Gasteiger partial charge in [0.15, 0.2) is 0 Å². The van der Waals surface area contributed by atoms with Crippen LogP contribution in [0, 0.1) is 0 Å². The maximum atomic E-state index is 13.2. The lowest BCUT2D eigenvalue weighted by Crippen LogP contribution is -2.25. The molecule has 0 amide bonds. The molecule has 4 nitrogen and oxygen atoms in total. The summed E-state index contributed by atoms with van der Waals surface area (Å²) in [6.45, 7) is 0.739. The van der Waals surface area contributed by atoms with Crippen LogP contribution in [0.15, 0.2) is 4.42 Å². The summed E-state index contributed by atoms with van der Waals surface area (Å²) in [5.41, 5.74) is 0. The third kappa shape index (κ3) is 3.21. The van der Waals surface area contributed by atoms with Crippen LogP contribution in [0.3, 0.4) is 0 Å². The number of rotatable bonds is 4. The van der Waals surface area contributed by atoms with Crippen molar-refractivity contribution in [2.24, 2.45) is 0 Å². The van der Waals surface area contributed by atoms with E-state index in [2.05, 4.69) is 15.5 Å². The fraction of sp³-hybridized carbons (Fsp3) is 0.818. The third-order valence-electron chi connectivity index (χ3n) is 3.06. The molecule has 6 heteroatoms. The lowest BCUT2D eigenvalue weighted by molar-refractivity contribution is -0.0436. The van der Waals surface area contributed by atoms with Gasteiger partial charge in [-0.1, -0.05) is 0 Å². The molecule has 0 aromatic carbocycles. The van der Waals surface area contributed by atoms with Gasteiger partial charge in [0.1, 0.15) is 0 Å². The number of nitrogens with zero attached hydrogens (tertiary/aromatic N) is 2. The molecule has 1 aliphatic carbocycles. The van der Waals surface area contributed by atoms with Crippen molar-refractivity contribution in [2.45, 2.75) is 43.9 Å². The molecule has 1 aromatic heterocycles. The van der Waals surface area contributed by atoms with Crippen molar-refractivity contribution in [3.05, 3.63) is 11.8 Å². The van der Waals surface area contributed by atoms with Gasteiger partial charge in [0, 0.05) is 31.7 Å². The van der Waals surface area contributed by atoms with E-state index in [1.165, 1.54) is 0 Å². The summed E-state index contributed by atoms with van der Waals surface area (Å²) in [7, 11) is 1.83. The number of halogens is 2. The van der Waals surface area contributed by atoms with Gasteiger partial charge in [0.05, 0.1) is 0 Å². The van der Waals surface area contributed by atoms with Gasteiger partial charge in [0.2, 0.25) is 17.7 Å². The van der Waals surface area contributed by atoms with Crippen molar-refractivity contribution in [2.75, 3.05) is 13.6 Å². The van der Waals surface area contributed by atoms with E-state index < -0.39 is 5.92 Å². The van der Waals surface area contributed by atoms with Crippen molar-refractivity contribution in [3.63, 3.8) is 0 Å². The fourth-order valence-corrected chi connectivity index (χ4v) is 2.15. The van der Waals surface area contributed by atoms with Crippen LogP contribution in [0.4, 0.5) is 8.78 Å². The Labute approximate surface area is 98.8 Å². The minimum Gasteiger partial charge on any atom is -0.425 e. The van der Waals surface area contributed by atoms with Crippen molar-refractivity contribution in [1.29, 1.82) is 0 Å². The quantitative estimate of drug-likeness (QED) is 0.882. The van der Waals surface area contributed by atoms with Gasteiger partial charge in [-0.05, 0) is 19.9 Å². The number of likely N-dealkylation sites (N-methyl/N-ethyl adjacent to an activating group) is 1. The first-order chi connectivity index (χ1) is 8.11. The third-order valence-corrected chi connectivity index (χ3v) is 3.06. The summed E-state index contributed by atoms with van der Waals surface area (Å²) in [4.78, 5) is 0. The Kier molecular flexibility index (Phi) is 3.71. The van der Waals surface area contributed by atoms with Gasteiger partial charge in [-0.15, -0.1) is 10.2 Å². The molecule has 1 aromatic rings. The first-order valence-electron chi connectivity index (χ1n) is 5.95. The molecule has 1 atom stereocenters. The van der Waals surface area contributed by atoms with Gasteiger partial charge < -0.3 is 9.73 Å². The average Bonchev–Trinajstić information content (AvgIpc) is 2.73. The molecule has 0 saturated heterocycles. The summed E-state index contributed by atoms with van der Waals surface area (Å²) in [6.07, 6.45) is 1.67. The van der Waals surface area contributed by atoms with Crippen LogP contribution in [0.2, 0.25) is 0 Å². The Morgan fingerprint density at radius 3 is 3.00 bits per heavy atom. The van der Waals surface area contributed by atoms with Crippen molar-refractivity contribution >= 4 is 0 Å². The summed E-state index contributed by atoms with van der Waals surface area (Å²) in [6, 6.07) is 0. The van der Waals surface area contributed by atoms with Crippen molar-refractivity contribution in [1.82, 2.24) is 15.5 Å². The summed E-state index contributed by atoms with van der Waals surface area (Å²) >= 11 is 0. The van der Waals surface area contributed by atoms with Crippen LogP contribution in [-0.2, 0) is 6.42 Å². The molecule has 1 N–H and O–H groups in total. The molecule has 96 valence electrons. The lowest BCUT2D eigenvalue weighted by atomic mass is 9.86. The Morgan fingerprint density at radius 1 is 1.47 bits per heavy atom. The molecule has 0 bridgehead atoms. The highest BCUT2D eigenvalue weighted by Crippen LogP contribution is 2.41. The summed E-state index contributed by atoms with van der Waals surface area (Å²) in [5, 5.41) is 10.7. The molecule has 2 rings (SSSR count). The molecule has 1 heterocycles. The zero-order chi connectivity index (χ0) is 12.3. The van der Waals surface area contributed by atoms with E-state index in [-0.39, 0.29) is 18.8 Å². The highest BCUT2D eigenvalue weighted by atomic mass is 19.3. The minimum atomic E-state index is -2.58. The maximum Gasteiger partial charge on any atom is 0.248 e. The molecule has 0 aliphatic heterocycles. The molecule has 0 spiro atoms. The average molecular weight is 245 g/mol. The van der Waals surface area contributed by atoms with Gasteiger partial charge >= 0.3 is 0 Å². The number of nitrogens with one attached hydrogen (secondary N) is 1. The molecule has 1 fully saturated rings. The monoisotopic (exact) mass is 245 g/mol. The van der Waals surface area contributed by atoms with Crippen molar-refractivity contribution < 1.29 is 13.2 Å². The van der Waals surface area contributed by atoms with E-state index >= 15 is 0 Å². The van der Waals surface area contributed by atoms with Crippen LogP contribution in [0.25, 0.3) is 0 Å². The van der Waals surface area contributed by atoms with Crippen LogP contribution in [-0.4, -0.2) is 29.7 Å². The van der Waals surface area contributed by atoms with E-state index in [0.717, 1.165) is 6.54 Å². The first-order valence-corrected chi connectivity index (χ1v) is 5.95. The van der Waals surface area contributed by atoms with E-state index in [9.17, 15) is 8.78 Å². The normalized spacial score (nSPS) is 23.8. The topological polar surface area (TPSA) is 51.0 Å². The van der Waals surface area contributed by atoms with E-state index in [0.29, 0.717) is 31.0 Å². The van der Waals surface area contributed by atoms with Crippen LogP contribution in [0.5, 0.6) is 0 Å². The minimum absolute atomic E-state index is 0.0236. The van der Waals surface area contributed by atoms with Gasteiger partial charge in [-0.3, -0.25) is 0 Å². The SMILES string of the molecule is CNCCc1nnc(C2CCCC(F)(F)C2)o1. The number of hydrogen-bond donors (Lipinski definition) is 1. The Hall–Kier alpha value is -1.04. The standard InChI is InChI=1S/C11H17F2N3O/c1-14-6-4-9-15-16-10(17-9)8-3-2-5-11(12,13)7-8/h8,14H,2-7H2,1H3. The molecule has 0 radical (unpaired) electrons. The highest BCUT2D eigenvalue weighted by molar-refractivity contribution is 4.97. The second-order valence-corrected chi connectivity index (χ2v) is 4.54. The molecular weight excluding hydrogens is 228 g/mol. The molecule has 1 aliphatic rings. The van der Waals surface area contributed by atoms with Gasteiger partial charge in [-0.2, -0.15) is 0 Å². The molecule has 1 unspecified atom stereocenters. The number of alkyl halides is 2. The number of aromatic nitrogens is 2. The van der Waals surface area contributed by atoms with Crippen LogP contribution < -0.4 is 5.32 Å². The second kappa shape index (κ2) is 5.08. The zero-order valence-electron chi connectivity index (χ0n) is 9.88. The van der Waals surface area contributed by atoms with Gasteiger partial charge in [0.25, 0.3) is 0 Å². The fourth-order valence-electron chi connectivity index (χ4n) is 2.15.